The van der Waals surface area contributed by atoms with Crippen molar-refractivity contribution in [2.45, 2.75) is 44.8 Å². The van der Waals surface area contributed by atoms with E-state index in [2.05, 4.69) is 5.32 Å². The van der Waals surface area contributed by atoms with Crippen molar-refractivity contribution < 1.29 is 29.0 Å². The highest BCUT2D eigenvalue weighted by Crippen LogP contribution is 2.44. The molecule has 2 amide bonds. The standard InChI is InChI=1S/C26H32N2O6/c1-17(2)33-15-14-28(3)25(31)23(12-13-24(29)30)27-26(32)34-16-22-20-10-6-4-8-18(20)19-9-5-7-11-21(19)22/h4-11,17,22-23H,12-16H2,1-3H3,(H,27,32)(H,29,30). The zero-order chi connectivity index (χ0) is 24.7. The van der Waals surface area contributed by atoms with Gasteiger partial charge in [-0.15, -0.1) is 0 Å². The Morgan fingerprint density at radius 3 is 2.18 bits per heavy atom. The lowest BCUT2D eigenvalue weighted by atomic mass is 9.98. The molecule has 0 spiro atoms. The van der Waals surface area contributed by atoms with E-state index in [4.69, 9.17) is 14.6 Å². The van der Waals surface area contributed by atoms with Gasteiger partial charge in [0.2, 0.25) is 5.91 Å². The van der Waals surface area contributed by atoms with E-state index in [1.165, 1.54) is 4.90 Å². The molecule has 0 aliphatic heterocycles. The molecule has 0 heterocycles. The Balaban J connectivity index is 1.63. The van der Waals surface area contributed by atoms with Crippen LogP contribution in [0, 0.1) is 0 Å². The Hall–Kier alpha value is -3.39. The van der Waals surface area contributed by atoms with Crippen molar-refractivity contribution in [3.05, 3.63) is 59.7 Å². The molecule has 34 heavy (non-hydrogen) atoms. The van der Waals surface area contributed by atoms with E-state index >= 15 is 0 Å². The molecule has 2 aromatic carbocycles. The van der Waals surface area contributed by atoms with Crippen LogP contribution in [0.25, 0.3) is 11.1 Å². The number of carboxylic acids is 1. The summed E-state index contributed by atoms with van der Waals surface area (Å²) in [5.74, 6) is -1.54. The molecule has 8 nitrogen and oxygen atoms in total. The first kappa shape index (κ1) is 25.2. The largest absolute Gasteiger partial charge is 0.481 e. The number of nitrogens with one attached hydrogen (secondary N) is 1. The molecular formula is C26H32N2O6. The number of hydrogen-bond acceptors (Lipinski definition) is 5. The number of aliphatic carboxylic acids is 1. The summed E-state index contributed by atoms with van der Waals surface area (Å²) in [5.41, 5.74) is 4.40. The predicted molar refractivity (Wildman–Crippen MR) is 128 cm³/mol. The molecular weight excluding hydrogens is 436 g/mol. The Kier molecular flexibility index (Phi) is 8.65. The first-order valence-corrected chi connectivity index (χ1v) is 11.5. The molecule has 1 unspecified atom stereocenters. The van der Waals surface area contributed by atoms with Crippen molar-refractivity contribution >= 4 is 18.0 Å². The number of carboxylic acid groups (broad SMARTS) is 1. The van der Waals surface area contributed by atoms with E-state index in [1.54, 1.807) is 7.05 Å². The smallest absolute Gasteiger partial charge is 0.407 e. The highest BCUT2D eigenvalue weighted by Gasteiger charge is 2.30. The summed E-state index contributed by atoms with van der Waals surface area (Å²) in [4.78, 5) is 38.0. The molecule has 1 aliphatic rings. The van der Waals surface area contributed by atoms with E-state index in [1.807, 2.05) is 62.4 Å². The summed E-state index contributed by atoms with van der Waals surface area (Å²) in [6, 6.07) is 15.0. The molecule has 1 aliphatic carbocycles. The number of ether oxygens (including phenoxy) is 2. The number of alkyl carbamates (subject to hydrolysis) is 1. The second-order valence-electron chi connectivity index (χ2n) is 8.63. The van der Waals surface area contributed by atoms with Gasteiger partial charge in [0.15, 0.2) is 0 Å². The lowest BCUT2D eigenvalue weighted by Crippen LogP contribution is -2.48. The van der Waals surface area contributed by atoms with Crippen LogP contribution in [-0.4, -0.2) is 66.9 Å². The van der Waals surface area contributed by atoms with Crippen LogP contribution in [0.5, 0.6) is 0 Å². The normalized spacial score (nSPS) is 13.2. The summed E-state index contributed by atoms with van der Waals surface area (Å²) >= 11 is 0. The average molecular weight is 469 g/mol. The van der Waals surface area contributed by atoms with Gasteiger partial charge in [0, 0.05) is 25.9 Å². The van der Waals surface area contributed by atoms with Crippen molar-refractivity contribution in [3.63, 3.8) is 0 Å². The summed E-state index contributed by atoms with van der Waals surface area (Å²) in [7, 11) is 1.60. The number of likely N-dealkylation sites (N-methyl/N-ethyl adjacent to an activating group) is 1. The molecule has 0 fully saturated rings. The van der Waals surface area contributed by atoms with Gasteiger partial charge in [0.05, 0.1) is 12.7 Å². The number of benzene rings is 2. The molecule has 0 radical (unpaired) electrons. The zero-order valence-corrected chi connectivity index (χ0v) is 19.8. The number of rotatable bonds is 11. The van der Waals surface area contributed by atoms with Crippen LogP contribution >= 0.6 is 0 Å². The van der Waals surface area contributed by atoms with Crippen LogP contribution in [0.4, 0.5) is 4.79 Å². The molecule has 1 atom stereocenters. The Labute approximate surface area is 199 Å². The van der Waals surface area contributed by atoms with Crippen molar-refractivity contribution in [1.29, 1.82) is 0 Å². The SMILES string of the molecule is CC(C)OCCN(C)C(=O)C(CCC(=O)O)NC(=O)OCC1c2ccccc2-c2ccccc21. The maximum atomic E-state index is 12.9. The second kappa shape index (κ2) is 11.7. The van der Waals surface area contributed by atoms with Crippen LogP contribution in [0.1, 0.15) is 43.7 Å². The minimum atomic E-state index is -1.04. The minimum Gasteiger partial charge on any atom is -0.481 e. The molecule has 0 bridgehead atoms. The molecule has 2 aromatic rings. The van der Waals surface area contributed by atoms with Crippen LogP contribution in [0.3, 0.4) is 0 Å². The fourth-order valence-corrected chi connectivity index (χ4v) is 4.11. The van der Waals surface area contributed by atoms with E-state index < -0.39 is 18.1 Å². The van der Waals surface area contributed by atoms with Crippen molar-refractivity contribution in [3.8, 4) is 11.1 Å². The summed E-state index contributed by atoms with van der Waals surface area (Å²) in [6.07, 6.45) is -1.01. The Morgan fingerprint density at radius 2 is 1.62 bits per heavy atom. The highest BCUT2D eigenvalue weighted by atomic mass is 16.5. The van der Waals surface area contributed by atoms with Gasteiger partial charge in [-0.1, -0.05) is 48.5 Å². The van der Waals surface area contributed by atoms with E-state index in [9.17, 15) is 14.4 Å². The van der Waals surface area contributed by atoms with Gasteiger partial charge in [-0.25, -0.2) is 4.79 Å². The van der Waals surface area contributed by atoms with Gasteiger partial charge in [-0.3, -0.25) is 9.59 Å². The molecule has 8 heteroatoms. The first-order valence-electron chi connectivity index (χ1n) is 11.5. The van der Waals surface area contributed by atoms with Gasteiger partial charge in [-0.05, 0) is 42.5 Å². The van der Waals surface area contributed by atoms with Crippen LogP contribution in [0.15, 0.2) is 48.5 Å². The van der Waals surface area contributed by atoms with Gasteiger partial charge >= 0.3 is 12.1 Å². The molecule has 3 rings (SSSR count). The lowest BCUT2D eigenvalue weighted by molar-refractivity contribution is -0.138. The van der Waals surface area contributed by atoms with E-state index in [0.29, 0.717) is 13.2 Å². The van der Waals surface area contributed by atoms with Crippen LogP contribution in [0.2, 0.25) is 0 Å². The number of hydrogen-bond donors (Lipinski definition) is 2. The predicted octanol–water partition coefficient (Wildman–Crippen LogP) is 3.64. The highest BCUT2D eigenvalue weighted by molar-refractivity contribution is 5.86. The maximum Gasteiger partial charge on any atom is 0.407 e. The van der Waals surface area contributed by atoms with Crippen molar-refractivity contribution in [1.82, 2.24) is 10.2 Å². The topological polar surface area (TPSA) is 105 Å². The van der Waals surface area contributed by atoms with E-state index in [-0.39, 0.29) is 37.4 Å². The van der Waals surface area contributed by atoms with E-state index in [0.717, 1.165) is 22.3 Å². The number of carbonyl (C=O) groups is 3. The minimum absolute atomic E-state index is 0.0326. The fourth-order valence-electron chi connectivity index (χ4n) is 4.11. The van der Waals surface area contributed by atoms with Crippen molar-refractivity contribution in [2.75, 3.05) is 26.8 Å². The van der Waals surface area contributed by atoms with Gasteiger partial charge in [0.25, 0.3) is 0 Å². The molecule has 0 saturated carbocycles. The summed E-state index contributed by atoms with van der Waals surface area (Å²) in [5, 5.41) is 11.6. The average Bonchev–Trinajstić information content (AvgIpc) is 3.13. The number of carbonyl (C=O) groups excluding carboxylic acids is 2. The lowest BCUT2D eigenvalue weighted by Gasteiger charge is -2.25. The summed E-state index contributed by atoms with van der Waals surface area (Å²) < 4.78 is 11.0. The first-order chi connectivity index (χ1) is 16.3. The maximum absolute atomic E-state index is 12.9. The van der Waals surface area contributed by atoms with Gasteiger partial charge in [0.1, 0.15) is 12.6 Å². The fraction of sp³-hybridized carbons (Fsp3) is 0.423. The molecule has 182 valence electrons. The molecule has 0 saturated heterocycles. The third-order valence-electron chi connectivity index (χ3n) is 5.83. The number of amides is 2. The third-order valence-corrected chi connectivity index (χ3v) is 5.83. The van der Waals surface area contributed by atoms with Crippen LogP contribution < -0.4 is 5.32 Å². The zero-order valence-electron chi connectivity index (χ0n) is 19.8. The number of nitrogens with zero attached hydrogens (tertiary/aromatic N) is 1. The number of fused-ring (bicyclic) bond motifs is 3. The van der Waals surface area contributed by atoms with Crippen LogP contribution in [-0.2, 0) is 19.1 Å². The quantitative estimate of drug-likeness (QED) is 0.522. The second-order valence-corrected chi connectivity index (χ2v) is 8.63. The monoisotopic (exact) mass is 468 g/mol. The van der Waals surface area contributed by atoms with Gasteiger partial charge < -0.3 is 24.8 Å². The molecule has 0 aromatic heterocycles. The third kappa shape index (κ3) is 6.35. The van der Waals surface area contributed by atoms with Crippen molar-refractivity contribution in [2.24, 2.45) is 0 Å². The summed E-state index contributed by atoms with van der Waals surface area (Å²) in [6.45, 7) is 4.58. The Bertz CT molecular complexity index is 976. The molecule has 2 N–H and O–H groups in total. The van der Waals surface area contributed by atoms with Gasteiger partial charge in [-0.2, -0.15) is 0 Å². The Morgan fingerprint density at radius 1 is 1.03 bits per heavy atom.